The fourth-order valence-electron chi connectivity index (χ4n) is 11.3. The third-order valence-corrected chi connectivity index (χ3v) is 13.4. The molecule has 0 amide bonds. The average molecular weight is 702 g/mol. The van der Waals surface area contributed by atoms with Crippen molar-refractivity contribution in [2.45, 2.75) is 36.5 Å². The van der Waals surface area contributed by atoms with Gasteiger partial charge in [-0.05, 0) is 115 Å². The van der Waals surface area contributed by atoms with E-state index < -0.39 is 5.41 Å². The third-order valence-electron chi connectivity index (χ3n) is 13.4. The van der Waals surface area contributed by atoms with Crippen LogP contribution in [0.1, 0.15) is 59.1 Å². The van der Waals surface area contributed by atoms with E-state index in [2.05, 4.69) is 193 Å². The maximum atomic E-state index is 2.56. The average Bonchev–Trinajstić information content (AvgIpc) is 4.01. The van der Waals surface area contributed by atoms with E-state index in [9.17, 15) is 0 Å². The molecule has 1 heteroatoms. The van der Waals surface area contributed by atoms with Gasteiger partial charge in [-0.15, -0.1) is 0 Å². The molecule has 8 aromatic carbocycles. The molecule has 1 saturated carbocycles. The van der Waals surface area contributed by atoms with Crippen LogP contribution >= 0.6 is 0 Å². The summed E-state index contributed by atoms with van der Waals surface area (Å²) in [6.07, 6.45) is 4.96. The zero-order chi connectivity index (χ0) is 36.1. The molecule has 0 aromatic heterocycles. The van der Waals surface area contributed by atoms with Crippen LogP contribution in [-0.2, 0) is 10.8 Å². The molecule has 4 aliphatic rings. The Morgan fingerprint density at radius 2 is 0.745 bits per heavy atom. The molecule has 55 heavy (non-hydrogen) atoms. The first-order chi connectivity index (χ1) is 27.3. The summed E-state index contributed by atoms with van der Waals surface area (Å²) in [5.74, 6) is 0. The summed E-state index contributed by atoms with van der Waals surface area (Å²) in [6, 6.07) is 71.1. The van der Waals surface area contributed by atoms with Crippen molar-refractivity contribution in [1.82, 2.24) is 0 Å². The van der Waals surface area contributed by atoms with Gasteiger partial charge in [-0.3, -0.25) is 0 Å². The Bertz CT molecular complexity index is 2770. The Balaban J connectivity index is 1.14. The Morgan fingerprint density at radius 3 is 1.33 bits per heavy atom. The fraction of sp³-hybridized carbons (Fsp3) is 0.111. The second kappa shape index (κ2) is 11.5. The van der Waals surface area contributed by atoms with E-state index in [1.54, 1.807) is 0 Å². The van der Waals surface area contributed by atoms with Gasteiger partial charge in [-0.2, -0.15) is 0 Å². The second-order valence-corrected chi connectivity index (χ2v) is 15.9. The van der Waals surface area contributed by atoms with Crippen molar-refractivity contribution < 1.29 is 0 Å². The standard InChI is InChI=1S/C54H39N/c1-2-16-36(17-3-1)39-18-8-13-27-52(39)55(37-28-30-44-40-19-4-9-23-46(40)53(50(44)34-37)32-14-15-33-53)38-29-31-45-43-22-7-12-26-49(43)54(51(45)35-38)47-24-10-5-20-41(47)42-21-6-11-25-48(42)54/h1-13,16-31,34-35H,14-15,32-33H2. The molecule has 1 fully saturated rings. The lowest BCUT2D eigenvalue weighted by Crippen LogP contribution is -2.26. The minimum atomic E-state index is -0.409. The van der Waals surface area contributed by atoms with Crippen molar-refractivity contribution >= 4 is 17.1 Å². The molecule has 260 valence electrons. The van der Waals surface area contributed by atoms with Gasteiger partial charge in [0.05, 0.1) is 11.1 Å². The monoisotopic (exact) mass is 701 g/mol. The van der Waals surface area contributed by atoms with E-state index in [1.165, 1.54) is 121 Å². The number of rotatable bonds is 4. The van der Waals surface area contributed by atoms with Crippen molar-refractivity contribution in [3.05, 3.63) is 221 Å². The molecule has 2 spiro atoms. The predicted octanol–water partition coefficient (Wildman–Crippen LogP) is 14.0. The van der Waals surface area contributed by atoms with Gasteiger partial charge in [0.1, 0.15) is 0 Å². The Hall–Kier alpha value is -6.44. The third kappa shape index (κ3) is 4.08. The van der Waals surface area contributed by atoms with E-state index >= 15 is 0 Å². The van der Waals surface area contributed by atoms with Gasteiger partial charge in [0, 0.05) is 22.4 Å². The summed E-state index contributed by atoms with van der Waals surface area (Å²) >= 11 is 0. The molecule has 4 aliphatic carbocycles. The van der Waals surface area contributed by atoms with Crippen molar-refractivity contribution in [2.24, 2.45) is 0 Å². The summed E-state index contributed by atoms with van der Waals surface area (Å²) in [6.45, 7) is 0. The molecule has 0 aliphatic heterocycles. The fourth-order valence-corrected chi connectivity index (χ4v) is 11.3. The molecule has 1 nitrogen and oxygen atoms in total. The van der Waals surface area contributed by atoms with E-state index in [0.29, 0.717) is 0 Å². The lowest BCUT2D eigenvalue weighted by atomic mass is 9.70. The highest BCUT2D eigenvalue weighted by Crippen LogP contribution is 2.64. The van der Waals surface area contributed by atoms with Crippen molar-refractivity contribution in [3.8, 4) is 44.5 Å². The zero-order valence-corrected chi connectivity index (χ0v) is 30.7. The topological polar surface area (TPSA) is 3.24 Å². The second-order valence-electron chi connectivity index (χ2n) is 15.9. The number of anilines is 3. The molecule has 0 saturated heterocycles. The molecular weight excluding hydrogens is 663 g/mol. The molecule has 0 heterocycles. The summed E-state index contributed by atoms with van der Waals surface area (Å²) in [4.78, 5) is 2.55. The van der Waals surface area contributed by atoms with Gasteiger partial charge in [-0.25, -0.2) is 0 Å². The molecule has 0 atom stereocenters. The number of para-hydroxylation sites is 1. The van der Waals surface area contributed by atoms with E-state index in [-0.39, 0.29) is 5.41 Å². The number of hydrogen-bond donors (Lipinski definition) is 0. The highest BCUT2D eigenvalue weighted by molar-refractivity contribution is 5.97. The van der Waals surface area contributed by atoms with Crippen molar-refractivity contribution in [3.63, 3.8) is 0 Å². The normalized spacial score (nSPS) is 15.6. The minimum Gasteiger partial charge on any atom is -0.310 e. The highest BCUT2D eigenvalue weighted by atomic mass is 15.1. The first kappa shape index (κ1) is 31.0. The van der Waals surface area contributed by atoms with Gasteiger partial charge in [-0.1, -0.05) is 171 Å². The number of fused-ring (bicyclic) bond motifs is 15. The summed E-state index contributed by atoms with van der Waals surface area (Å²) in [5, 5.41) is 0. The van der Waals surface area contributed by atoms with Crippen LogP contribution in [-0.4, -0.2) is 0 Å². The summed E-state index contributed by atoms with van der Waals surface area (Å²) < 4.78 is 0. The van der Waals surface area contributed by atoms with Crippen LogP contribution in [0.25, 0.3) is 44.5 Å². The number of benzene rings is 8. The van der Waals surface area contributed by atoms with Crippen molar-refractivity contribution in [1.29, 1.82) is 0 Å². The van der Waals surface area contributed by atoms with Crippen molar-refractivity contribution in [2.75, 3.05) is 4.90 Å². The zero-order valence-electron chi connectivity index (χ0n) is 30.7. The van der Waals surface area contributed by atoms with Gasteiger partial charge >= 0.3 is 0 Å². The van der Waals surface area contributed by atoms with Gasteiger partial charge in [0.2, 0.25) is 0 Å². The highest BCUT2D eigenvalue weighted by Gasteiger charge is 2.52. The molecule has 0 N–H and O–H groups in total. The Labute approximate surface area is 323 Å². The first-order valence-electron chi connectivity index (χ1n) is 19.9. The van der Waals surface area contributed by atoms with Crippen LogP contribution in [0.2, 0.25) is 0 Å². The summed E-state index contributed by atoms with van der Waals surface area (Å²) in [5.41, 5.74) is 22.3. The van der Waals surface area contributed by atoms with E-state index in [4.69, 9.17) is 0 Å². The molecule has 12 rings (SSSR count). The van der Waals surface area contributed by atoms with Gasteiger partial charge in [0.15, 0.2) is 0 Å². The van der Waals surface area contributed by atoms with Crippen LogP contribution in [0.5, 0.6) is 0 Å². The van der Waals surface area contributed by atoms with Gasteiger partial charge < -0.3 is 4.90 Å². The molecular formula is C54H39N. The molecule has 8 aromatic rings. The molecule has 0 bridgehead atoms. The quantitative estimate of drug-likeness (QED) is 0.177. The van der Waals surface area contributed by atoms with Crippen LogP contribution in [0.15, 0.2) is 188 Å². The number of hydrogen-bond acceptors (Lipinski definition) is 1. The lowest BCUT2D eigenvalue weighted by molar-refractivity contribution is 0.550. The minimum absolute atomic E-state index is 0.0768. The molecule has 0 unspecified atom stereocenters. The maximum absolute atomic E-state index is 2.56. The van der Waals surface area contributed by atoms with Crippen LogP contribution in [0, 0.1) is 0 Å². The van der Waals surface area contributed by atoms with Crippen LogP contribution in [0.4, 0.5) is 17.1 Å². The Kier molecular flexibility index (Phi) is 6.49. The maximum Gasteiger partial charge on any atom is 0.0726 e. The molecule has 0 radical (unpaired) electrons. The summed E-state index contributed by atoms with van der Waals surface area (Å²) in [7, 11) is 0. The van der Waals surface area contributed by atoms with Crippen LogP contribution < -0.4 is 4.90 Å². The predicted molar refractivity (Wildman–Crippen MR) is 228 cm³/mol. The van der Waals surface area contributed by atoms with Gasteiger partial charge in [0.25, 0.3) is 0 Å². The van der Waals surface area contributed by atoms with Crippen LogP contribution in [0.3, 0.4) is 0 Å². The van der Waals surface area contributed by atoms with E-state index in [1.807, 2.05) is 0 Å². The lowest BCUT2D eigenvalue weighted by Gasteiger charge is -2.33. The first-order valence-corrected chi connectivity index (χ1v) is 19.9. The number of nitrogens with zero attached hydrogens (tertiary/aromatic N) is 1. The SMILES string of the molecule is c1ccc(-c2ccccc2N(c2ccc3c(c2)C2(CCCC2)c2ccccc2-3)c2ccc3c(c2)C2(c4ccccc4-c4ccccc42)c2ccccc2-3)cc1. The smallest absolute Gasteiger partial charge is 0.0726 e. The largest absolute Gasteiger partial charge is 0.310 e. The Morgan fingerprint density at radius 1 is 0.327 bits per heavy atom. The van der Waals surface area contributed by atoms with E-state index in [0.717, 1.165) is 0 Å².